The largest absolute Gasteiger partial charge is 0.480 e. The molecule has 2 aliphatic heterocycles. The van der Waals surface area contributed by atoms with E-state index in [1.165, 1.54) is 6.92 Å². The number of nitrogens with zero attached hydrogens (tertiary/aromatic N) is 2. The summed E-state index contributed by atoms with van der Waals surface area (Å²) in [5.74, 6) is -4.54. The lowest BCUT2D eigenvalue weighted by Crippen LogP contribution is -2.53. The molecule has 2 heterocycles. The van der Waals surface area contributed by atoms with Crippen LogP contribution in [-0.4, -0.2) is 42.8 Å². The van der Waals surface area contributed by atoms with Gasteiger partial charge in [-0.3, -0.25) is 19.7 Å². The molecule has 5 rings (SSSR count). The lowest BCUT2D eigenvalue weighted by atomic mass is 9.75. The number of imide groups is 1. The van der Waals surface area contributed by atoms with E-state index in [1.54, 1.807) is 54.6 Å². The number of Topliss-reactive ketones (excluding diaryl/α,β-unsaturated/α-hetero) is 1. The minimum atomic E-state index is -1.81. The second-order valence-corrected chi connectivity index (χ2v) is 9.71. The molecule has 8 heteroatoms. The van der Waals surface area contributed by atoms with Gasteiger partial charge in [0.2, 0.25) is 11.8 Å². The fraction of sp³-hybridized carbons (Fsp3) is 0.241. The highest BCUT2D eigenvalue weighted by Crippen LogP contribution is 2.53. The van der Waals surface area contributed by atoms with Crippen LogP contribution in [-0.2, 0) is 19.9 Å². The third kappa shape index (κ3) is 3.72. The summed E-state index contributed by atoms with van der Waals surface area (Å²) in [4.78, 5) is 55.6. The van der Waals surface area contributed by atoms with Crippen LogP contribution in [0, 0.1) is 11.8 Å². The molecule has 4 atom stereocenters. The number of anilines is 2. The van der Waals surface area contributed by atoms with E-state index in [0.29, 0.717) is 16.8 Å². The van der Waals surface area contributed by atoms with E-state index in [0.717, 1.165) is 16.2 Å². The quantitative estimate of drug-likeness (QED) is 0.397. The Hall–Kier alpha value is -4.30. The van der Waals surface area contributed by atoms with Gasteiger partial charge in [-0.25, -0.2) is 9.69 Å². The van der Waals surface area contributed by atoms with Gasteiger partial charge in [-0.1, -0.05) is 42.5 Å². The maximum Gasteiger partial charge on any atom is 0.329 e. The first-order chi connectivity index (χ1) is 17.7. The normalized spacial score (nSPS) is 24.7. The van der Waals surface area contributed by atoms with Crippen molar-refractivity contribution in [3.63, 3.8) is 0 Å². The van der Waals surface area contributed by atoms with Gasteiger partial charge in [0.25, 0.3) is 0 Å². The zero-order chi connectivity index (χ0) is 26.5. The van der Waals surface area contributed by atoms with E-state index >= 15 is 0 Å². The molecule has 37 heavy (non-hydrogen) atoms. The minimum absolute atomic E-state index is 0.137. The molecule has 0 spiro atoms. The average Bonchev–Trinajstić information content (AvgIpc) is 3.39. The molecule has 2 saturated heterocycles. The number of carboxylic acids is 1. The summed E-state index contributed by atoms with van der Waals surface area (Å²) < 4.78 is 0. The van der Waals surface area contributed by atoms with Gasteiger partial charge < -0.3 is 10.0 Å². The van der Waals surface area contributed by atoms with Crippen LogP contribution in [0.15, 0.2) is 78.9 Å². The van der Waals surface area contributed by atoms with Gasteiger partial charge >= 0.3 is 5.97 Å². The molecule has 188 valence electrons. The van der Waals surface area contributed by atoms with Crippen LogP contribution >= 0.6 is 0 Å². The second kappa shape index (κ2) is 8.97. The average molecular weight is 498 g/mol. The fourth-order valence-corrected chi connectivity index (χ4v) is 5.56. The molecule has 0 bridgehead atoms. The third-order valence-corrected chi connectivity index (χ3v) is 7.43. The molecule has 3 aromatic carbocycles. The number of carbonyl (C=O) groups excluding carboxylic acids is 3. The maximum absolute atomic E-state index is 14.0. The van der Waals surface area contributed by atoms with Crippen molar-refractivity contribution in [2.24, 2.45) is 11.8 Å². The summed E-state index contributed by atoms with van der Waals surface area (Å²) in [6, 6.07) is 21.5. The molecule has 2 aliphatic rings. The highest BCUT2D eigenvalue weighted by atomic mass is 16.4. The zero-order valence-corrected chi connectivity index (χ0v) is 20.7. The summed E-state index contributed by atoms with van der Waals surface area (Å²) in [6.45, 7) is 1.43. The minimum Gasteiger partial charge on any atom is -0.480 e. The number of hydrogen-bond acceptors (Lipinski definition) is 6. The molecule has 3 aromatic rings. The first-order valence-corrected chi connectivity index (χ1v) is 12.0. The molecule has 0 radical (unpaired) electrons. The lowest BCUT2D eigenvalue weighted by molar-refractivity contribution is -0.149. The predicted molar refractivity (Wildman–Crippen MR) is 138 cm³/mol. The van der Waals surface area contributed by atoms with Crippen LogP contribution < -0.4 is 15.1 Å². The Morgan fingerprint density at radius 1 is 0.892 bits per heavy atom. The summed E-state index contributed by atoms with van der Waals surface area (Å²) in [5.41, 5.74) is 1.02. The van der Waals surface area contributed by atoms with E-state index in [1.807, 2.05) is 43.3 Å². The topological polar surface area (TPSA) is 107 Å². The van der Waals surface area contributed by atoms with Crippen molar-refractivity contribution in [2.75, 3.05) is 23.9 Å². The molecule has 2 N–H and O–H groups in total. The van der Waals surface area contributed by atoms with Gasteiger partial charge in [0.1, 0.15) is 0 Å². The number of nitrogens with one attached hydrogen (secondary N) is 1. The Labute approximate surface area is 214 Å². The van der Waals surface area contributed by atoms with E-state index < -0.39 is 41.2 Å². The van der Waals surface area contributed by atoms with Gasteiger partial charge in [-0.15, -0.1) is 0 Å². The van der Waals surface area contributed by atoms with Gasteiger partial charge in [0.05, 0.1) is 17.5 Å². The van der Waals surface area contributed by atoms with Gasteiger partial charge in [0, 0.05) is 31.4 Å². The molecule has 0 aliphatic carbocycles. The molecule has 2 amide bonds. The van der Waals surface area contributed by atoms with Crippen LogP contribution in [0.4, 0.5) is 11.4 Å². The Kier molecular flexibility index (Phi) is 5.92. The Morgan fingerprint density at radius 2 is 1.51 bits per heavy atom. The van der Waals surface area contributed by atoms with Crippen molar-refractivity contribution >= 4 is 34.9 Å². The number of fused-ring (bicyclic) bond motifs is 1. The molecule has 0 saturated carbocycles. The van der Waals surface area contributed by atoms with Crippen LogP contribution in [0.1, 0.15) is 34.5 Å². The lowest BCUT2D eigenvalue weighted by Gasteiger charge is -2.31. The number of hydrogen-bond donors (Lipinski definition) is 2. The van der Waals surface area contributed by atoms with Crippen molar-refractivity contribution in [2.45, 2.75) is 18.5 Å². The first kappa shape index (κ1) is 24.4. The standard InChI is InChI=1S/C29H27N3O5/c1-17(33)18-9-15-22(16-10-18)32-26(34)23-24(27(32)35)29(28(36)37,20-7-5-4-6-8-20)30-25(23)19-11-13-21(14-12-19)31(2)3/h4-16,23-25,30H,1-3H3,(H,36,37). The van der Waals surface area contributed by atoms with Crippen molar-refractivity contribution < 1.29 is 24.3 Å². The van der Waals surface area contributed by atoms with E-state index in [4.69, 9.17) is 0 Å². The smallest absolute Gasteiger partial charge is 0.329 e. The van der Waals surface area contributed by atoms with Gasteiger partial charge in [-0.2, -0.15) is 0 Å². The Balaban J connectivity index is 1.66. The van der Waals surface area contributed by atoms with Gasteiger partial charge in [-0.05, 0) is 54.4 Å². The number of benzene rings is 3. The van der Waals surface area contributed by atoms with Crippen molar-refractivity contribution in [1.29, 1.82) is 0 Å². The number of carbonyl (C=O) groups is 4. The van der Waals surface area contributed by atoms with Crippen LogP contribution in [0.25, 0.3) is 0 Å². The van der Waals surface area contributed by atoms with Crippen molar-refractivity contribution in [3.8, 4) is 0 Å². The fourth-order valence-electron chi connectivity index (χ4n) is 5.56. The van der Waals surface area contributed by atoms with E-state index in [2.05, 4.69) is 5.32 Å². The molecule has 8 nitrogen and oxygen atoms in total. The zero-order valence-electron chi connectivity index (χ0n) is 20.7. The number of aliphatic carboxylic acids is 1. The van der Waals surface area contributed by atoms with Crippen molar-refractivity contribution in [3.05, 3.63) is 95.6 Å². The second-order valence-electron chi connectivity index (χ2n) is 9.71. The summed E-state index contributed by atoms with van der Waals surface area (Å²) in [5, 5.41) is 13.8. The maximum atomic E-state index is 14.0. The van der Waals surface area contributed by atoms with Crippen LogP contribution in [0.3, 0.4) is 0 Å². The number of amides is 2. The molecular weight excluding hydrogens is 470 g/mol. The number of rotatable bonds is 6. The molecule has 4 unspecified atom stereocenters. The summed E-state index contributed by atoms with van der Waals surface area (Å²) >= 11 is 0. The number of ketones is 1. The van der Waals surface area contributed by atoms with Crippen LogP contribution in [0.5, 0.6) is 0 Å². The number of carboxylic acid groups (broad SMARTS) is 1. The van der Waals surface area contributed by atoms with Crippen molar-refractivity contribution in [1.82, 2.24) is 5.32 Å². The predicted octanol–water partition coefficient (Wildman–Crippen LogP) is 3.39. The van der Waals surface area contributed by atoms with E-state index in [9.17, 15) is 24.3 Å². The molecule has 2 fully saturated rings. The first-order valence-electron chi connectivity index (χ1n) is 12.0. The van der Waals surface area contributed by atoms with Gasteiger partial charge in [0.15, 0.2) is 11.3 Å². The molecular formula is C29H27N3O5. The SMILES string of the molecule is CC(=O)c1ccc(N2C(=O)C3C(c4ccc(N(C)C)cc4)NC(C(=O)O)(c4ccccc4)C3C2=O)cc1. The van der Waals surface area contributed by atoms with Crippen LogP contribution in [0.2, 0.25) is 0 Å². The van der Waals surface area contributed by atoms with E-state index in [-0.39, 0.29) is 5.78 Å². The highest BCUT2D eigenvalue weighted by Gasteiger charge is 2.69. The summed E-state index contributed by atoms with van der Waals surface area (Å²) in [7, 11) is 3.83. The third-order valence-electron chi connectivity index (χ3n) is 7.43. The Morgan fingerprint density at radius 3 is 2.05 bits per heavy atom. The Bertz CT molecular complexity index is 1390. The highest BCUT2D eigenvalue weighted by molar-refractivity contribution is 6.24. The monoisotopic (exact) mass is 497 g/mol. The molecule has 0 aromatic heterocycles. The summed E-state index contributed by atoms with van der Waals surface area (Å²) in [6.07, 6.45) is 0.